The maximum absolute atomic E-state index is 5.22. The van der Waals surface area contributed by atoms with Crippen molar-refractivity contribution in [3.05, 3.63) is 64.7 Å². The Morgan fingerprint density at radius 3 is 2.52 bits per heavy atom. The van der Waals surface area contributed by atoms with Crippen LogP contribution in [0.2, 0.25) is 0 Å². The fourth-order valence-electron chi connectivity index (χ4n) is 3.19. The molecule has 3 rings (SSSR count). The summed E-state index contributed by atoms with van der Waals surface area (Å²) in [5.74, 6) is 0.914. The van der Waals surface area contributed by atoms with E-state index in [1.54, 1.807) is 12.7 Å². The van der Waals surface area contributed by atoms with Crippen LogP contribution < -0.4 is 10.1 Å². The second-order valence-corrected chi connectivity index (χ2v) is 5.78. The zero-order valence-corrected chi connectivity index (χ0v) is 12.9. The molecule has 2 nitrogen and oxygen atoms in total. The Bertz CT molecular complexity index is 603. The van der Waals surface area contributed by atoms with Gasteiger partial charge < -0.3 is 10.1 Å². The largest absolute Gasteiger partial charge is 0.497 e. The van der Waals surface area contributed by atoms with Gasteiger partial charge in [-0.15, -0.1) is 0 Å². The first-order chi connectivity index (χ1) is 10.3. The lowest BCUT2D eigenvalue weighted by Gasteiger charge is -2.18. The lowest BCUT2D eigenvalue weighted by Crippen LogP contribution is -2.19. The molecule has 0 radical (unpaired) electrons. The highest BCUT2D eigenvalue weighted by Crippen LogP contribution is 2.27. The van der Waals surface area contributed by atoms with Crippen LogP contribution in [0.5, 0.6) is 5.75 Å². The molecule has 0 aromatic heterocycles. The van der Waals surface area contributed by atoms with E-state index in [9.17, 15) is 0 Å². The Morgan fingerprint density at radius 1 is 1.05 bits per heavy atom. The van der Waals surface area contributed by atoms with Gasteiger partial charge in [-0.1, -0.05) is 30.3 Å². The molecular formula is C19H23NO. The number of fused-ring (bicyclic) bond motifs is 1. The van der Waals surface area contributed by atoms with E-state index < -0.39 is 0 Å². The average Bonchev–Trinajstić information content (AvgIpc) is 3.00. The summed E-state index contributed by atoms with van der Waals surface area (Å²) in [5, 5.41) is 3.46. The van der Waals surface area contributed by atoms with E-state index in [4.69, 9.17) is 4.74 Å². The van der Waals surface area contributed by atoms with Gasteiger partial charge in [0, 0.05) is 6.04 Å². The van der Waals surface area contributed by atoms with E-state index in [0.29, 0.717) is 6.04 Å². The van der Waals surface area contributed by atoms with Crippen molar-refractivity contribution in [3.63, 3.8) is 0 Å². The van der Waals surface area contributed by atoms with Crippen molar-refractivity contribution in [1.82, 2.24) is 5.32 Å². The molecule has 0 saturated carbocycles. The molecule has 1 atom stereocenters. The fourth-order valence-corrected chi connectivity index (χ4v) is 3.19. The molecule has 0 heterocycles. The van der Waals surface area contributed by atoms with Crippen LogP contribution in [0.1, 0.15) is 34.7 Å². The predicted octanol–water partition coefficient (Wildman–Crippen LogP) is 3.69. The highest BCUT2D eigenvalue weighted by molar-refractivity contribution is 5.37. The molecular weight excluding hydrogens is 258 g/mol. The summed E-state index contributed by atoms with van der Waals surface area (Å²) in [6.07, 6.45) is 4.79. The first-order valence-electron chi connectivity index (χ1n) is 7.72. The van der Waals surface area contributed by atoms with Crippen molar-refractivity contribution in [2.24, 2.45) is 0 Å². The quantitative estimate of drug-likeness (QED) is 0.902. The first kappa shape index (κ1) is 14.2. The average molecular weight is 281 g/mol. The molecule has 1 aliphatic rings. The minimum atomic E-state index is 0.365. The molecule has 0 saturated heterocycles. The molecule has 2 heteroatoms. The minimum absolute atomic E-state index is 0.365. The third kappa shape index (κ3) is 3.11. The number of methoxy groups -OCH3 is 1. The normalized spacial score (nSPS) is 14.8. The van der Waals surface area contributed by atoms with Gasteiger partial charge in [0.05, 0.1) is 7.11 Å². The molecule has 0 amide bonds. The van der Waals surface area contributed by atoms with Crippen LogP contribution in [0, 0.1) is 0 Å². The SMILES string of the molecule is CNC(Cc1ccc(OC)cc1)c1ccc2c(c1)CCC2. The zero-order chi connectivity index (χ0) is 14.7. The van der Waals surface area contributed by atoms with Gasteiger partial charge in [0.15, 0.2) is 0 Å². The topological polar surface area (TPSA) is 21.3 Å². The smallest absolute Gasteiger partial charge is 0.118 e. The van der Waals surface area contributed by atoms with Crippen molar-refractivity contribution in [2.45, 2.75) is 31.7 Å². The summed E-state index contributed by atoms with van der Waals surface area (Å²) in [6.45, 7) is 0. The van der Waals surface area contributed by atoms with Gasteiger partial charge in [-0.25, -0.2) is 0 Å². The number of hydrogen-bond acceptors (Lipinski definition) is 2. The van der Waals surface area contributed by atoms with Crippen LogP contribution in [0.4, 0.5) is 0 Å². The van der Waals surface area contributed by atoms with Gasteiger partial charge in [-0.2, -0.15) is 0 Å². The summed E-state index contributed by atoms with van der Waals surface area (Å²) < 4.78 is 5.22. The highest BCUT2D eigenvalue weighted by Gasteiger charge is 2.15. The molecule has 110 valence electrons. The molecule has 1 unspecified atom stereocenters. The van der Waals surface area contributed by atoms with Crippen molar-refractivity contribution in [3.8, 4) is 5.75 Å². The predicted molar refractivity (Wildman–Crippen MR) is 87.0 cm³/mol. The van der Waals surface area contributed by atoms with Gasteiger partial charge in [0.25, 0.3) is 0 Å². The van der Waals surface area contributed by atoms with Crippen LogP contribution in [0.25, 0.3) is 0 Å². The molecule has 1 aliphatic carbocycles. The van der Waals surface area contributed by atoms with Crippen LogP contribution in [0.15, 0.2) is 42.5 Å². The Morgan fingerprint density at radius 2 is 1.81 bits per heavy atom. The Kier molecular flexibility index (Phi) is 4.26. The van der Waals surface area contributed by atoms with Gasteiger partial charge >= 0.3 is 0 Å². The van der Waals surface area contributed by atoms with Gasteiger partial charge in [0.1, 0.15) is 5.75 Å². The van der Waals surface area contributed by atoms with E-state index in [0.717, 1.165) is 12.2 Å². The summed E-state index contributed by atoms with van der Waals surface area (Å²) in [7, 11) is 3.75. The monoisotopic (exact) mass is 281 g/mol. The third-order valence-electron chi connectivity index (χ3n) is 4.47. The van der Waals surface area contributed by atoms with E-state index in [-0.39, 0.29) is 0 Å². The number of aryl methyl sites for hydroxylation is 2. The van der Waals surface area contributed by atoms with E-state index in [2.05, 4.69) is 35.6 Å². The van der Waals surface area contributed by atoms with E-state index >= 15 is 0 Å². The molecule has 0 bridgehead atoms. The van der Waals surface area contributed by atoms with Crippen molar-refractivity contribution in [2.75, 3.05) is 14.2 Å². The highest BCUT2D eigenvalue weighted by atomic mass is 16.5. The molecule has 2 aromatic rings. The number of benzene rings is 2. The van der Waals surface area contributed by atoms with Gasteiger partial charge in [-0.05, 0) is 67.1 Å². The molecule has 0 fully saturated rings. The van der Waals surface area contributed by atoms with Crippen LogP contribution in [0.3, 0.4) is 0 Å². The molecule has 0 aliphatic heterocycles. The van der Waals surface area contributed by atoms with Gasteiger partial charge in [0.2, 0.25) is 0 Å². The van der Waals surface area contributed by atoms with E-state index in [1.807, 2.05) is 19.2 Å². The maximum Gasteiger partial charge on any atom is 0.118 e. The summed E-state index contributed by atoms with van der Waals surface area (Å²) in [5.41, 5.74) is 5.81. The lowest BCUT2D eigenvalue weighted by atomic mass is 9.96. The fraction of sp³-hybridized carbons (Fsp3) is 0.368. The molecule has 1 N–H and O–H groups in total. The minimum Gasteiger partial charge on any atom is -0.497 e. The number of ether oxygens (including phenoxy) is 1. The van der Waals surface area contributed by atoms with Crippen molar-refractivity contribution < 1.29 is 4.74 Å². The molecule has 0 spiro atoms. The van der Waals surface area contributed by atoms with E-state index in [1.165, 1.54) is 36.0 Å². The second-order valence-electron chi connectivity index (χ2n) is 5.78. The molecule has 2 aromatic carbocycles. The number of rotatable bonds is 5. The van der Waals surface area contributed by atoms with Crippen LogP contribution >= 0.6 is 0 Å². The summed E-state index contributed by atoms with van der Waals surface area (Å²) in [4.78, 5) is 0. The number of likely N-dealkylation sites (N-methyl/N-ethyl adjacent to an activating group) is 1. The standard InChI is InChI=1S/C19H23NO/c1-20-19(12-14-6-10-18(21-2)11-7-14)17-9-8-15-4-3-5-16(15)13-17/h6-11,13,19-20H,3-5,12H2,1-2H3. The Balaban J connectivity index is 1.78. The number of nitrogens with one attached hydrogen (secondary N) is 1. The van der Waals surface area contributed by atoms with Crippen LogP contribution in [-0.4, -0.2) is 14.2 Å². The Labute approximate surface area is 127 Å². The number of hydrogen-bond donors (Lipinski definition) is 1. The van der Waals surface area contributed by atoms with Gasteiger partial charge in [-0.3, -0.25) is 0 Å². The van der Waals surface area contributed by atoms with Crippen molar-refractivity contribution >= 4 is 0 Å². The van der Waals surface area contributed by atoms with Crippen molar-refractivity contribution in [1.29, 1.82) is 0 Å². The Hall–Kier alpha value is -1.80. The third-order valence-corrected chi connectivity index (χ3v) is 4.47. The lowest BCUT2D eigenvalue weighted by molar-refractivity contribution is 0.414. The zero-order valence-electron chi connectivity index (χ0n) is 12.9. The second kappa shape index (κ2) is 6.31. The van der Waals surface area contributed by atoms with Crippen LogP contribution in [-0.2, 0) is 19.3 Å². The molecule has 21 heavy (non-hydrogen) atoms. The summed E-state index contributed by atoms with van der Waals surface area (Å²) >= 11 is 0. The maximum atomic E-state index is 5.22. The first-order valence-corrected chi connectivity index (χ1v) is 7.72. The summed E-state index contributed by atoms with van der Waals surface area (Å²) in [6, 6.07) is 15.7.